The first-order valence-corrected chi connectivity index (χ1v) is 4.43. The van der Waals surface area contributed by atoms with Gasteiger partial charge in [-0.1, -0.05) is 6.92 Å². The van der Waals surface area contributed by atoms with E-state index in [4.69, 9.17) is 5.11 Å². The topological polar surface area (TPSA) is 99.2 Å². The van der Waals surface area contributed by atoms with Crippen LogP contribution in [0.1, 0.15) is 24.0 Å². The Balaban J connectivity index is 2.80. The Hall–Kier alpha value is -1.92. The summed E-state index contributed by atoms with van der Waals surface area (Å²) in [5.41, 5.74) is 0. The van der Waals surface area contributed by atoms with Gasteiger partial charge in [0.05, 0.1) is 0 Å². The van der Waals surface area contributed by atoms with E-state index < -0.39 is 17.9 Å². The van der Waals surface area contributed by atoms with Gasteiger partial charge in [-0.3, -0.25) is 9.89 Å². The first-order chi connectivity index (χ1) is 7.07. The van der Waals surface area contributed by atoms with E-state index in [0.717, 1.165) is 4.90 Å². The smallest absolute Gasteiger partial charge is 0.326 e. The fraction of sp³-hybridized carbons (Fsp3) is 0.500. The second kappa shape index (κ2) is 4.54. The molecule has 0 radical (unpaired) electrons. The maximum atomic E-state index is 11.6. The molecular formula is C8H12N4O3. The van der Waals surface area contributed by atoms with Gasteiger partial charge in [0.15, 0.2) is 0 Å². The summed E-state index contributed by atoms with van der Waals surface area (Å²) in [6.07, 6.45) is 1.54. The molecule has 1 aromatic heterocycles. The van der Waals surface area contributed by atoms with E-state index >= 15 is 0 Å². The van der Waals surface area contributed by atoms with Crippen LogP contribution in [0.5, 0.6) is 0 Å². The summed E-state index contributed by atoms with van der Waals surface area (Å²) in [5, 5.41) is 14.8. The van der Waals surface area contributed by atoms with Crippen LogP contribution in [0.2, 0.25) is 0 Å². The number of nitrogens with one attached hydrogen (secondary N) is 1. The monoisotopic (exact) mass is 212 g/mol. The number of nitrogens with zero attached hydrogens (tertiary/aromatic N) is 3. The van der Waals surface area contributed by atoms with E-state index in [1.807, 2.05) is 0 Å². The normalized spacial score (nSPS) is 12.1. The Bertz CT molecular complexity index is 349. The maximum absolute atomic E-state index is 11.6. The number of amides is 1. The van der Waals surface area contributed by atoms with Crippen molar-refractivity contribution in [1.82, 2.24) is 20.1 Å². The largest absolute Gasteiger partial charge is 0.480 e. The van der Waals surface area contributed by atoms with Crippen LogP contribution < -0.4 is 0 Å². The van der Waals surface area contributed by atoms with Crippen molar-refractivity contribution in [2.75, 3.05) is 7.05 Å². The van der Waals surface area contributed by atoms with E-state index in [-0.39, 0.29) is 5.82 Å². The summed E-state index contributed by atoms with van der Waals surface area (Å²) in [7, 11) is 1.42. The molecule has 82 valence electrons. The minimum Gasteiger partial charge on any atom is -0.480 e. The first kappa shape index (κ1) is 11.2. The number of carboxylic acids is 1. The second-order valence-electron chi connectivity index (χ2n) is 3.01. The number of carbonyl (C=O) groups is 2. The molecule has 0 saturated carbocycles. The van der Waals surface area contributed by atoms with Crippen molar-refractivity contribution in [1.29, 1.82) is 0 Å². The number of aromatic amines is 1. The summed E-state index contributed by atoms with van der Waals surface area (Å²) >= 11 is 0. The van der Waals surface area contributed by atoms with Crippen molar-refractivity contribution in [2.24, 2.45) is 0 Å². The molecule has 1 atom stereocenters. The van der Waals surface area contributed by atoms with Gasteiger partial charge in [-0.15, -0.1) is 0 Å². The van der Waals surface area contributed by atoms with Gasteiger partial charge in [0.2, 0.25) is 5.82 Å². The van der Waals surface area contributed by atoms with Gasteiger partial charge in [-0.25, -0.2) is 9.78 Å². The Morgan fingerprint density at radius 3 is 2.73 bits per heavy atom. The third kappa shape index (κ3) is 2.30. The number of aliphatic carboxylic acids is 1. The minimum atomic E-state index is -1.03. The number of hydrogen-bond donors (Lipinski definition) is 2. The van der Waals surface area contributed by atoms with Crippen LogP contribution in [0.15, 0.2) is 6.33 Å². The average Bonchev–Trinajstić information content (AvgIpc) is 2.69. The molecule has 1 amide bonds. The second-order valence-corrected chi connectivity index (χ2v) is 3.01. The number of likely N-dealkylation sites (N-methyl/N-ethyl adjacent to an activating group) is 1. The molecule has 0 bridgehead atoms. The molecule has 7 heteroatoms. The molecule has 1 aromatic rings. The summed E-state index contributed by atoms with van der Waals surface area (Å²) in [5.74, 6) is -1.48. The van der Waals surface area contributed by atoms with E-state index in [1.165, 1.54) is 13.4 Å². The Morgan fingerprint density at radius 2 is 2.33 bits per heavy atom. The quantitative estimate of drug-likeness (QED) is 0.716. The lowest BCUT2D eigenvalue weighted by atomic mass is 10.2. The van der Waals surface area contributed by atoms with Crippen molar-refractivity contribution < 1.29 is 14.7 Å². The van der Waals surface area contributed by atoms with Gasteiger partial charge in [0.1, 0.15) is 12.4 Å². The fourth-order valence-corrected chi connectivity index (χ4v) is 1.23. The molecule has 0 saturated heterocycles. The molecule has 2 N–H and O–H groups in total. The summed E-state index contributed by atoms with van der Waals surface area (Å²) in [6.45, 7) is 1.70. The van der Waals surface area contributed by atoms with Crippen molar-refractivity contribution in [2.45, 2.75) is 19.4 Å². The van der Waals surface area contributed by atoms with Crippen LogP contribution in [-0.4, -0.2) is 50.2 Å². The fourth-order valence-electron chi connectivity index (χ4n) is 1.23. The van der Waals surface area contributed by atoms with Crippen LogP contribution in [-0.2, 0) is 4.79 Å². The molecule has 1 rings (SSSR count). The number of carboxylic acid groups (broad SMARTS) is 1. The SMILES string of the molecule is CCC(C(=O)O)N(C)C(=O)c1ncn[nH]1. The molecular weight excluding hydrogens is 200 g/mol. The highest BCUT2D eigenvalue weighted by Crippen LogP contribution is 2.05. The maximum Gasteiger partial charge on any atom is 0.326 e. The molecule has 0 aliphatic carbocycles. The highest BCUT2D eigenvalue weighted by Gasteiger charge is 2.26. The standard InChI is InChI=1S/C8H12N4O3/c1-3-5(8(14)15)12(2)7(13)6-9-4-10-11-6/h4-5H,3H2,1-2H3,(H,14,15)(H,9,10,11). The number of H-pyrrole nitrogens is 1. The predicted molar refractivity (Wildman–Crippen MR) is 50.2 cm³/mol. The van der Waals surface area contributed by atoms with Gasteiger partial charge < -0.3 is 10.0 Å². The molecule has 0 fully saturated rings. The molecule has 0 aliphatic rings. The molecule has 0 spiro atoms. The predicted octanol–water partition coefficient (Wildman–Crippen LogP) is -0.260. The van der Waals surface area contributed by atoms with Crippen molar-refractivity contribution >= 4 is 11.9 Å². The highest BCUT2D eigenvalue weighted by molar-refractivity contribution is 5.93. The molecule has 0 aliphatic heterocycles. The molecule has 7 nitrogen and oxygen atoms in total. The van der Waals surface area contributed by atoms with Crippen LogP contribution in [0, 0.1) is 0 Å². The molecule has 15 heavy (non-hydrogen) atoms. The van der Waals surface area contributed by atoms with Crippen LogP contribution in [0.3, 0.4) is 0 Å². The van der Waals surface area contributed by atoms with Crippen LogP contribution >= 0.6 is 0 Å². The molecule has 0 aromatic carbocycles. The summed E-state index contributed by atoms with van der Waals surface area (Å²) < 4.78 is 0. The lowest BCUT2D eigenvalue weighted by Gasteiger charge is -2.22. The van der Waals surface area contributed by atoms with Gasteiger partial charge in [0, 0.05) is 7.05 Å². The number of aromatic nitrogens is 3. The van der Waals surface area contributed by atoms with Crippen LogP contribution in [0.4, 0.5) is 0 Å². The van der Waals surface area contributed by atoms with Crippen molar-refractivity contribution in [3.05, 3.63) is 12.2 Å². The van der Waals surface area contributed by atoms with Crippen LogP contribution in [0.25, 0.3) is 0 Å². The molecule has 1 heterocycles. The first-order valence-electron chi connectivity index (χ1n) is 4.43. The van der Waals surface area contributed by atoms with E-state index in [9.17, 15) is 9.59 Å². The van der Waals surface area contributed by atoms with Gasteiger partial charge in [-0.2, -0.15) is 5.10 Å². The van der Waals surface area contributed by atoms with E-state index in [1.54, 1.807) is 6.92 Å². The molecule has 1 unspecified atom stereocenters. The van der Waals surface area contributed by atoms with Crippen molar-refractivity contribution in [3.8, 4) is 0 Å². The Kier molecular flexibility index (Phi) is 3.37. The summed E-state index contributed by atoms with van der Waals surface area (Å²) in [6, 6.07) is -0.845. The Labute approximate surface area is 86.1 Å². The zero-order chi connectivity index (χ0) is 11.4. The lowest BCUT2D eigenvalue weighted by molar-refractivity contribution is -0.142. The average molecular weight is 212 g/mol. The Morgan fingerprint density at radius 1 is 1.67 bits per heavy atom. The minimum absolute atomic E-state index is 0.0391. The number of hydrogen-bond acceptors (Lipinski definition) is 4. The van der Waals surface area contributed by atoms with Gasteiger partial charge >= 0.3 is 5.97 Å². The zero-order valence-electron chi connectivity index (χ0n) is 8.47. The number of rotatable bonds is 4. The number of carbonyl (C=O) groups excluding carboxylic acids is 1. The summed E-state index contributed by atoms with van der Waals surface area (Å²) in [4.78, 5) is 27.2. The van der Waals surface area contributed by atoms with Gasteiger partial charge in [-0.05, 0) is 6.42 Å². The highest BCUT2D eigenvalue weighted by atomic mass is 16.4. The zero-order valence-corrected chi connectivity index (χ0v) is 8.47. The van der Waals surface area contributed by atoms with Crippen molar-refractivity contribution in [3.63, 3.8) is 0 Å². The lowest BCUT2D eigenvalue weighted by Crippen LogP contribution is -2.42. The van der Waals surface area contributed by atoms with E-state index in [0.29, 0.717) is 6.42 Å². The van der Waals surface area contributed by atoms with Gasteiger partial charge in [0.25, 0.3) is 5.91 Å². The third-order valence-electron chi connectivity index (χ3n) is 2.08. The third-order valence-corrected chi connectivity index (χ3v) is 2.08. The van der Waals surface area contributed by atoms with E-state index in [2.05, 4.69) is 15.2 Å².